The van der Waals surface area contributed by atoms with Crippen LogP contribution < -0.4 is 9.64 Å². The Balaban J connectivity index is 3.18. The minimum absolute atomic E-state index is 0.139. The average molecular weight is 327 g/mol. The van der Waals surface area contributed by atoms with Gasteiger partial charge in [-0.1, -0.05) is 0 Å². The van der Waals surface area contributed by atoms with E-state index in [2.05, 4.69) is 5.11 Å². The summed E-state index contributed by atoms with van der Waals surface area (Å²) in [6.45, 7) is 3.65. The standard InChI is InChI=1S/C12H18F4N3OP/c1-5-9(2)20-12-8-10(19(3)4)6-7-11(12)17-18-21(13,14,15)16/h6-9H,5H2,1-4H3. The minimum atomic E-state index is -8.02. The van der Waals surface area contributed by atoms with Crippen LogP contribution in [0.1, 0.15) is 20.3 Å². The predicted octanol–water partition coefficient (Wildman–Crippen LogP) is 6.02. The molecule has 0 N–H and O–H groups in total. The zero-order chi connectivity index (χ0) is 16.3. The van der Waals surface area contributed by atoms with Crippen LogP contribution in [0.25, 0.3) is 0 Å². The molecule has 1 rings (SSSR count). The van der Waals surface area contributed by atoms with Crippen LogP contribution in [0, 0.1) is 0 Å². The summed E-state index contributed by atoms with van der Waals surface area (Å²) in [6, 6.07) is 4.42. The molecule has 1 atom stereocenters. The molecule has 0 amide bonds. The Morgan fingerprint density at radius 2 is 1.86 bits per heavy atom. The molecule has 9 heteroatoms. The fourth-order valence-electron chi connectivity index (χ4n) is 1.37. The fourth-order valence-corrected chi connectivity index (χ4v) is 1.61. The van der Waals surface area contributed by atoms with Crippen molar-refractivity contribution in [2.45, 2.75) is 26.4 Å². The number of anilines is 1. The molecule has 0 radical (unpaired) electrons. The third-order valence-corrected chi connectivity index (χ3v) is 3.01. The number of hydrogen-bond donors (Lipinski definition) is 0. The van der Waals surface area contributed by atoms with Gasteiger partial charge >= 0.3 is 120 Å². The Labute approximate surface area is 121 Å². The Bertz CT molecular complexity index is 522. The second-order valence-corrected chi connectivity index (χ2v) is 6.31. The van der Waals surface area contributed by atoms with Crippen LogP contribution in [0.2, 0.25) is 0 Å². The molecular weight excluding hydrogens is 309 g/mol. The molecule has 0 heterocycles. The second-order valence-electron chi connectivity index (χ2n) is 4.76. The van der Waals surface area contributed by atoms with Gasteiger partial charge in [-0.05, 0) is 0 Å². The fraction of sp³-hybridized carbons (Fsp3) is 0.500. The summed E-state index contributed by atoms with van der Waals surface area (Å²) in [7, 11) is -4.46. The van der Waals surface area contributed by atoms with E-state index in [1.54, 1.807) is 38.1 Å². The van der Waals surface area contributed by atoms with Crippen molar-refractivity contribution in [1.82, 2.24) is 0 Å². The molecule has 0 fully saturated rings. The molecular formula is C12H18F4N3OP. The van der Waals surface area contributed by atoms with Gasteiger partial charge in [0.15, 0.2) is 0 Å². The van der Waals surface area contributed by atoms with Gasteiger partial charge in [0.1, 0.15) is 0 Å². The van der Waals surface area contributed by atoms with E-state index >= 15 is 0 Å². The van der Waals surface area contributed by atoms with Gasteiger partial charge in [-0.2, -0.15) is 0 Å². The molecule has 4 nitrogen and oxygen atoms in total. The molecule has 0 aliphatic carbocycles. The first-order valence-corrected chi connectivity index (χ1v) is 8.04. The van der Waals surface area contributed by atoms with Crippen molar-refractivity contribution < 1.29 is 21.5 Å². The van der Waals surface area contributed by atoms with Crippen molar-refractivity contribution in [1.29, 1.82) is 0 Å². The van der Waals surface area contributed by atoms with E-state index in [9.17, 15) is 16.8 Å². The Kier molecular flexibility index (Phi) is 5.15. The number of ether oxygens (including phenoxy) is 1. The van der Waals surface area contributed by atoms with Gasteiger partial charge in [0, 0.05) is 0 Å². The third-order valence-electron chi connectivity index (χ3n) is 2.65. The summed E-state index contributed by atoms with van der Waals surface area (Å²) in [4.78, 5) is 3.69. The van der Waals surface area contributed by atoms with Gasteiger partial charge < -0.3 is 0 Å². The number of rotatable bonds is 6. The zero-order valence-corrected chi connectivity index (χ0v) is 13.1. The second kappa shape index (κ2) is 6.13. The molecule has 0 aromatic heterocycles. The van der Waals surface area contributed by atoms with Crippen LogP contribution in [0.3, 0.4) is 0 Å². The van der Waals surface area contributed by atoms with E-state index in [0.717, 1.165) is 5.69 Å². The SMILES string of the molecule is CCC(C)Oc1cc(N(C)C)ccc1N=NP(F)(F)(F)F. The van der Waals surface area contributed by atoms with Gasteiger partial charge in [0.25, 0.3) is 0 Å². The van der Waals surface area contributed by atoms with E-state index in [4.69, 9.17) is 4.74 Å². The molecule has 0 saturated heterocycles. The molecule has 120 valence electrons. The van der Waals surface area contributed by atoms with Gasteiger partial charge in [-0.15, -0.1) is 0 Å². The topological polar surface area (TPSA) is 37.2 Å². The zero-order valence-electron chi connectivity index (χ0n) is 12.2. The Morgan fingerprint density at radius 3 is 2.33 bits per heavy atom. The van der Waals surface area contributed by atoms with Gasteiger partial charge in [-0.3, -0.25) is 0 Å². The van der Waals surface area contributed by atoms with E-state index < -0.39 is 8.00 Å². The first-order chi connectivity index (χ1) is 9.48. The molecule has 1 unspecified atom stereocenters. The van der Waals surface area contributed by atoms with Crippen LogP contribution in [0.5, 0.6) is 5.75 Å². The first-order valence-electron chi connectivity index (χ1n) is 6.29. The van der Waals surface area contributed by atoms with Gasteiger partial charge in [-0.25, -0.2) is 0 Å². The predicted molar refractivity (Wildman–Crippen MR) is 77.0 cm³/mol. The van der Waals surface area contributed by atoms with Crippen molar-refractivity contribution in [2.24, 2.45) is 10.00 Å². The summed E-state index contributed by atoms with van der Waals surface area (Å²) in [5, 5.41) is 2.98. The van der Waals surface area contributed by atoms with Crippen molar-refractivity contribution in [3.8, 4) is 5.75 Å². The first kappa shape index (κ1) is 17.6. The summed E-state index contributed by atoms with van der Waals surface area (Å²) in [6.07, 6.45) is 0.457. The summed E-state index contributed by atoms with van der Waals surface area (Å²) >= 11 is 0. The Morgan fingerprint density at radius 1 is 1.24 bits per heavy atom. The maximum absolute atomic E-state index is 12.3. The number of hydrogen-bond acceptors (Lipinski definition) is 4. The van der Waals surface area contributed by atoms with Crippen LogP contribution in [0.15, 0.2) is 28.2 Å². The number of halogens is 4. The molecule has 0 aliphatic rings. The molecule has 1 aromatic rings. The van der Waals surface area contributed by atoms with E-state index in [-0.39, 0.29) is 17.5 Å². The average Bonchev–Trinajstić information content (AvgIpc) is 2.35. The van der Waals surface area contributed by atoms with E-state index in [1.165, 1.54) is 6.07 Å². The molecule has 0 bridgehead atoms. The normalized spacial score (nSPS) is 15.5. The molecule has 21 heavy (non-hydrogen) atoms. The van der Waals surface area contributed by atoms with Crippen LogP contribution >= 0.6 is 8.00 Å². The van der Waals surface area contributed by atoms with Crippen LogP contribution in [-0.2, 0) is 0 Å². The van der Waals surface area contributed by atoms with Crippen LogP contribution in [0.4, 0.5) is 28.2 Å². The Hall–Kier alpha value is -1.43. The quantitative estimate of drug-likeness (QED) is 0.364. The summed E-state index contributed by atoms with van der Waals surface area (Å²) in [5.41, 5.74) is 0.575. The van der Waals surface area contributed by atoms with Crippen molar-refractivity contribution in [3.63, 3.8) is 0 Å². The van der Waals surface area contributed by atoms with Gasteiger partial charge in [0.05, 0.1) is 0 Å². The number of benzene rings is 1. The summed E-state index contributed by atoms with van der Waals surface area (Å²) < 4.78 is 54.5. The van der Waals surface area contributed by atoms with Crippen molar-refractivity contribution in [2.75, 3.05) is 19.0 Å². The van der Waals surface area contributed by atoms with E-state index in [0.29, 0.717) is 6.42 Å². The third kappa shape index (κ3) is 6.25. The van der Waals surface area contributed by atoms with Crippen molar-refractivity contribution in [3.05, 3.63) is 18.2 Å². The molecule has 1 aromatic carbocycles. The van der Waals surface area contributed by atoms with Gasteiger partial charge in [0.2, 0.25) is 0 Å². The summed E-state index contributed by atoms with van der Waals surface area (Å²) in [5.74, 6) is 0.139. The van der Waals surface area contributed by atoms with Crippen molar-refractivity contribution >= 4 is 19.4 Å². The molecule has 0 aliphatic heterocycles. The van der Waals surface area contributed by atoms with Crippen LogP contribution in [-0.4, -0.2) is 20.2 Å². The van der Waals surface area contributed by atoms with E-state index in [1.807, 2.05) is 11.8 Å². The maximum atomic E-state index is 12.3. The molecule has 0 spiro atoms. The number of nitrogens with zero attached hydrogens (tertiary/aromatic N) is 3. The monoisotopic (exact) mass is 327 g/mol. The molecule has 0 saturated carbocycles.